The molecule has 22 heavy (non-hydrogen) atoms. The van der Waals surface area contributed by atoms with E-state index < -0.39 is 6.04 Å². The first-order valence-electron chi connectivity index (χ1n) is 7.49. The van der Waals surface area contributed by atoms with E-state index >= 15 is 0 Å². The van der Waals surface area contributed by atoms with Crippen molar-refractivity contribution in [3.63, 3.8) is 0 Å². The van der Waals surface area contributed by atoms with Gasteiger partial charge in [0.2, 0.25) is 5.91 Å². The maximum atomic E-state index is 12.3. The van der Waals surface area contributed by atoms with E-state index in [1.165, 1.54) is 6.42 Å². The molecule has 0 spiro atoms. The highest BCUT2D eigenvalue weighted by molar-refractivity contribution is 5.94. The van der Waals surface area contributed by atoms with E-state index in [4.69, 9.17) is 5.73 Å². The molecule has 0 radical (unpaired) electrons. The van der Waals surface area contributed by atoms with Crippen molar-refractivity contribution in [2.24, 2.45) is 5.73 Å². The number of nitrogens with two attached hydrogens (primary N) is 1. The second kappa shape index (κ2) is 8.76. The maximum Gasteiger partial charge on any atom is 0.253 e. The lowest BCUT2D eigenvalue weighted by molar-refractivity contribution is -0.122. The Bertz CT molecular complexity index is 497. The molecule has 6 heteroatoms. The number of carbonyl (C=O) groups is 2. The molecule has 1 aliphatic rings. The van der Waals surface area contributed by atoms with E-state index in [1.807, 2.05) is 29.2 Å². The van der Waals surface area contributed by atoms with Gasteiger partial charge in [-0.2, -0.15) is 0 Å². The molecule has 5 nitrogen and oxygen atoms in total. The number of rotatable bonds is 4. The third kappa shape index (κ3) is 5.00. The lowest BCUT2D eigenvalue weighted by Crippen LogP contribution is -2.37. The number of nitrogens with one attached hydrogen (secondary N) is 1. The van der Waals surface area contributed by atoms with Crippen LogP contribution in [0.25, 0.3) is 0 Å². The average molecular weight is 326 g/mol. The van der Waals surface area contributed by atoms with E-state index in [0.717, 1.165) is 31.5 Å². The Morgan fingerprint density at radius 3 is 2.32 bits per heavy atom. The molecular formula is C16H24ClN3O2. The van der Waals surface area contributed by atoms with Gasteiger partial charge in [0.1, 0.15) is 0 Å². The number of nitrogens with zero attached hydrogens (tertiary/aromatic N) is 1. The molecule has 1 fully saturated rings. The molecule has 2 rings (SSSR count). The Hall–Kier alpha value is -1.59. The Morgan fingerprint density at radius 1 is 1.18 bits per heavy atom. The number of likely N-dealkylation sites (tertiary alicyclic amines) is 1. The number of carbonyl (C=O) groups excluding carboxylic acids is 2. The van der Waals surface area contributed by atoms with Crippen LogP contribution in [0.5, 0.6) is 0 Å². The summed E-state index contributed by atoms with van der Waals surface area (Å²) < 4.78 is 0. The van der Waals surface area contributed by atoms with Crippen molar-refractivity contribution in [2.75, 3.05) is 13.1 Å². The van der Waals surface area contributed by atoms with Crippen LogP contribution in [0.4, 0.5) is 0 Å². The van der Waals surface area contributed by atoms with Gasteiger partial charge in [-0.1, -0.05) is 12.1 Å². The normalized spacial score (nSPS) is 15.6. The number of benzene rings is 1. The molecule has 0 saturated carbocycles. The monoisotopic (exact) mass is 325 g/mol. The van der Waals surface area contributed by atoms with E-state index in [-0.39, 0.29) is 24.2 Å². The van der Waals surface area contributed by atoms with Crippen LogP contribution in [0.15, 0.2) is 24.3 Å². The molecule has 1 aromatic rings. The van der Waals surface area contributed by atoms with Crippen molar-refractivity contribution in [3.05, 3.63) is 35.4 Å². The second-order valence-corrected chi connectivity index (χ2v) is 5.56. The summed E-state index contributed by atoms with van der Waals surface area (Å²) in [7, 11) is 0. The summed E-state index contributed by atoms with van der Waals surface area (Å²) in [5.41, 5.74) is 7.15. The number of hydrogen-bond donors (Lipinski definition) is 2. The number of hydrogen-bond acceptors (Lipinski definition) is 3. The maximum absolute atomic E-state index is 12.3. The van der Waals surface area contributed by atoms with Gasteiger partial charge >= 0.3 is 0 Å². The number of halogens is 1. The molecule has 122 valence electrons. The summed E-state index contributed by atoms with van der Waals surface area (Å²) in [5.74, 6) is -0.0793. The van der Waals surface area contributed by atoms with Crippen molar-refractivity contribution in [1.29, 1.82) is 0 Å². The SMILES string of the molecule is C[C@@H](N)C(=O)NCc1ccc(C(=O)N2CCCCC2)cc1.Cl. The van der Waals surface area contributed by atoms with Crippen LogP contribution in [-0.4, -0.2) is 35.8 Å². The fraction of sp³-hybridized carbons (Fsp3) is 0.500. The minimum atomic E-state index is -0.509. The molecule has 1 atom stereocenters. The van der Waals surface area contributed by atoms with Crippen molar-refractivity contribution in [2.45, 2.75) is 38.8 Å². The minimum absolute atomic E-state index is 0. The Labute approximate surface area is 137 Å². The molecule has 1 heterocycles. The van der Waals surface area contributed by atoms with Gasteiger partial charge in [-0.25, -0.2) is 0 Å². The quantitative estimate of drug-likeness (QED) is 0.884. The first-order valence-corrected chi connectivity index (χ1v) is 7.49. The van der Waals surface area contributed by atoms with E-state index in [9.17, 15) is 9.59 Å². The average Bonchev–Trinajstić information content (AvgIpc) is 2.53. The van der Waals surface area contributed by atoms with Crippen LogP contribution in [0.1, 0.15) is 42.1 Å². The first-order chi connectivity index (χ1) is 10.1. The Kier molecular flexibility index (Phi) is 7.35. The van der Waals surface area contributed by atoms with E-state index in [1.54, 1.807) is 6.92 Å². The highest BCUT2D eigenvalue weighted by atomic mass is 35.5. The summed E-state index contributed by atoms with van der Waals surface area (Å²) in [6.07, 6.45) is 3.39. The van der Waals surface area contributed by atoms with Gasteiger partial charge in [0.25, 0.3) is 5.91 Å². The molecular weight excluding hydrogens is 302 g/mol. The molecule has 3 N–H and O–H groups in total. The highest BCUT2D eigenvalue weighted by Crippen LogP contribution is 2.13. The molecule has 0 unspecified atom stereocenters. The van der Waals surface area contributed by atoms with Gasteiger partial charge in [0, 0.05) is 25.2 Å². The van der Waals surface area contributed by atoms with Crippen LogP contribution >= 0.6 is 12.4 Å². The van der Waals surface area contributed by atoms with Gasteiger partial charge in [0.05, 0.1) is 6.04 Å². The molecule has 2 amide bonds. The van der Waals surface area contributed by atoms with Gasteiger partial charge in [0.15, 0.2) is 0 Å². The van der Waals surface area contributed by atoms with Crippen LogP contribution < -0.4 is 11.1 Å². The van der Waals surface area contributed by atoms with Crippen molar-refractivity contribution >= 4 is 24.2 Å². The van der Waals surface area contributed by atoms with Gasteiger partial charge in [-0.3, -0.25) is 9.59 Å². The summed E-state index contributed by atoms with van der Waals surface area (Å²) in [6.45, 7) is 3.78. The fourth-order valence-corrected chi connectivity index (χ4v) is 2.39. The van der Waals surface area contributed by atoms with Crippen LogP contribution in [0.2, 0.25) is 0 Å². The van der Waals surface area contributed by atoms with Crippen molar-refractivity contribution in [1.82, 2.24) is 10.2 Å². The summed E-state index contributed by atoms with van der Waals surface area (Å²) in [4.78, 5) is 25.6. The van der Waals surface area contributed by atoms with Gasteiger partial charge < -0.3 is 16.0 Å². The van der Waals surface area contributed by atoms with Crippen LogP contribution in [0, 0.1) is 0 Å². The third-order valence-corrected chi connectivity index (χ3v) is 3.72. The zero-order valence-corrected chi connectivity index (χ0v) is 13.7. The lowest BCUT2D eigenvalue weighted by Gasteiger charge is -2.26. The third-order valence-electron chi connectivity index (χ3n) is 3.72. The Morgan fingerprint density at radius 2 is 1.77 bits per heavy atom. The highest BCUT2D eigenvalue weighted by Gasteiger charge is 2.17. The van der Waals surface area contributed by atoms with Crippen molar-refractivity contribution < 1.29 is 9.59 Å². The van der Waals surface area contributed by atoms with Gasteiger partial charge in [-0.05, 0) is 43.9 Å². The smallest absolute Gasteiger partial charge is 0.253 e. The molecule has 1 aliphatic heterocycles. The summed E-state index contributed by atoms with van der Waals surface area (Å²) >= 11 is 0. The molecule has 1 aromatic carbocycles. The predicted octanol–water partition coefficient (Wildman–Crippen LogP) is 1.70. The standard InChI is InChI=1S/C16H23N3O2.ClH/c1-12(17)15(20)18-11-13-5-7-14(8-6-13)16(21)19-9-3-2-4-10-19;/h5-8,12H,2-4,9-11,17H2,1H3,(H,18,20);1H/t12-;/m1./s1. The Balaban J connectivity index is 0.00000242. The predicted molar refractivity (Wildman–Crippen MR) is 88.9 cm³/mol. The topological polar surface area (TPSA) is 75.4 Å². The largest absolute Gasteiger partial charge is 0.351 e. The lowest BCUT2D eigenvalue weighted by atomic mass is 10.1. The van der Waals surface area contributed by atoms with E-state index in [0.29, 0.717) is 12.1 Å². The summed E-state index contributed by atoms with van der Waals surface area (Å²) in [5, 5.41) is 2.75. The van der Waals surface area contributed by atoms with Crippen molar-refractivity contribution in [3.8, 4) is 0 Å². The van der Waals surface area contributed by atoms with E-state index in [2.05, 4.69) is 5.32 Å². The minimum Gasteiger partial charge on any atom is -0.351 e. The van der Waals surface area contributed by atoms with Gasteiger partial charge in [-0.15, -0.1) is 12.4 Å². The zero-order chi connectivity index (χ0) is 15.2. The fourth-order valence-electron chi connectivity index (χ4n) is 2.39. The first kappa shape index (κ1) is 18.5. The second-order valence-electron chi connectivity index (χ2n) is 5.56. The van der Waals surface area contributed by atoms with Crippen LogP contribution in [0.3, 0.4) is 0 Å². The number of amides is 2. The van der Waals surface area contributed by atoms with Crippen LogP contribution in [-0.2, 0) is 11.3 Å². The molecule has 0 aliphatic carbocycles. The molecule has 1 saturated heterocycles. The zero-order valence-electron chi connectivity index (χ0n) is 12.9. The molecule has 0 aromatic heterocycles. The molecule has 0 bridgehead atoms. The summed E-state index contributed by atoms with van der Waals surface area (Å²) in [6, 6.07) is 6.89. The number of piperidine rings is 1.